The number of phenolic OH excluding ortho intramolecular Hbond substituents is 1. The van der Waals surface area contributed by atoms with E-state index in [4.69, 9.17) is 0 Å². The number of hydrogen-bond donors (Lipinski definition) is 1. The van der Waals surface area contributed by atoms with Crippen LogP contribution in [0.2, 0.25) is 0 Å². The zero-order valence-corrected chi connectivity index (χ0v) is 32.8. The second-order valence-electron chi connectivity index (χ2n) is 15.5. The molecule has 0 fully saturated rings. The summed E-state index contributed by atoms with van der Waals surface area (Å²) in [6.07, 6.45) is 2.73. The van der Waals surface area contributed by atoms with E-state index in [1.165, 1.54) is 11.1 Å². The molecule has 1 N–H and O–H groups in total. The molecule has 9 nitrogen and oxygen atoms in total. The van der Waals surface area contributed by atoms with Crippen LogP contribution in [0, 0.1) is 6.92 Å². The third-order valence-corrected chi connectivity index (χ3v) is 11.5. The Morgan fingerprint density at radius 3 is 2.20 bits per heavy atom. The predicted octanol–water partition coefficient (Wildman–Crippen LogP) is 6.80. The molecule has 0 bridgehead atoms. The number of phenols is 1. The first-order valence-corrected chi connectivity index (χ1v) is 19.2. The lowest BCUT2D eigenvalue weighted by atomic mass is 9.89. The first kappa shape index (κ1) is 37.6. The third-order valence-electron chi connectivity index (χ3n) is 11.5. The molecule has 0 saturated heterocycles. The Kier molecular flexibility index (Phi) is 10.7. The smallest absolute Gasteiger partial charge is 0.259 e. The summed E-state index contributed by atoms with van der Waals surface area (Å²) in [5.74, 6) is -0.0451. The number of rotatable bonds is 9. The van der Waals surface area contributed by atoms with Crippen molar-refractivity contribution in [1.82, 2.24) is 19.3 Å². The van der Waals surface area contributed by atoms with Crippen LogP contribution < -0.4 is 4.90 Å². The van der Waals surface area contributed by atoms with Crippen molar-refractivity contribution in [2.24, 2.45) is 7.05 Å². The van der Waals surface area contributed by atoms with E-state index < -0.39 is 0 Å². The Morgan fingerprint density at radius 1 is 0.800 bits per heavy atom. The van der Waals surface area contributed by atoms with Gasteiger partial charge < -0.3 is 29.3 Å². The van der Waals surface area contributed by atoms with Crippen molar-refractivity contribution in [3.63, 3.8) is 0 Å². The molecule has 1 atom stereocenters. The molecule has 7 rings (SSSR count). The van der Waals surface area contributed by atoms with Crippen molar-refractivity contribution in [3.8, 4) is 17.0 Å². The van der Waals surface area contributed by atoms with Gasteiger partial charge in [0.1, 0.15) is 5.75 Å². The van der Waals surface area contributed by atoms with Crippen LogP contribution >= 0.6 is 0 Å². The van der Waals surface area contributed by atoms with Gasteiger partial charge in [0, 0.05) is 74.5 Å². The second-order valence-corrected chi connectivity index (χ2v) is 15.5. The predicted molar refractivity (Wildman–Crippen MR) is 217 cm³/mol. The topological polar surface area (TPSA) is 89.3 Å². The van der Waals surface area contributed by atoms with Gasteiger partial charge in [-0.3, -0.25) is 14.4 Å². The Balaban J connectivity index is 1.21. The van der Waals surface area contributed by atoms with E-state index in [-0.39, 0.29) is 29.5 Å². The molecule has 55 heavy (non-hydrogen) atoms. The zero-order valence-electron chi connectivity index (χ0n) is 32.8. The summed E-state index contributed by atoms with van der Waals surface area (Å²) in [6, 6.07) is 29.2. The number of carbonyl (C=O) groups is 3. The molecule has 2 aliphatic heterocycles. The molecule has 9 heteroatoms. The minimum absolute atomic E-state index is 0.00938. The van der Waals surface area contributed by atoms with Gasteiger partial charge in [-0.05, 0) is 123 Å². The molecule has 0 spiro atoms. The molecule has 0 aliphatic carbocycles. The van der Waals surface area contributed by atoms with Crippen LogP contribution in [0.4, 0.5) is 5.69 Å². The Labute approximate surface area is 324 Å². The van der Waals surface area contributed by atoms with E-state index in [2.05, 4.69) is 74.4 Å². The van der Waals surface area contributed by atoms with E-state index in [0.717, 1.165) is 58.6 Å². The van der Waals surface area contributed by atoms with Gasteiger partial charge in [-0.2, -0.15) is 0 Å². The lowest BCUT2D eigenvalue weighted by Gasteiger charge is -2.36. The van der Waals surface area contributed by atoms with Crippen molar-refractivity contribution in [1.29, 1.82) is 0 Å². The number of carbonyl (C=O) groups excluding carboxylic acids is 3. The zero-order chi connectivity index (χ0) is 39.0. The molecule has 0 unspecified atom stereocenters. The van der Waals surface area contributed by atoms with Gasteiger partial charge in [-0.1, -0.05) is 48.5 Å². The van der Waals surface area contributed by atoms with Crippen molar-refractivity contribution >= 4 is 23.4 Å². The van der Waals surface area contributed by atoms with E-state index in [9.17, 15) is 19.5 Å². The average molecular weight is 738 g/mol. The number of hydrogen-bond acceptors (Lipinski definition) is 5. The SMILES string of the molecule is Cc1c(C(=O)N(C)c2ccc(O)cc2)cc(-c2cc3c(cc2C(=O)N2Cc4ccccc4C[C@H]2C)CN(C(=O)Cc2ccc(CCN(C)C)cc2)CC3)n1C. The number of anilines is 1. The molecular weight excluding hydrogens is 687 g/mol. The summed E-state index contributed by atoms with van der Waals surface area (Å²) >= 11 is 0. The van der Waals surface area contributed by atoms with Crippen molar-refractivity contribution < 1.29 is 19.5 Å². The first-order valence-electron chi connectivity index (χ1n) is 19.2. The van der Waals surface area contributed by atoms with Crippen LogP contribution in [-0.2, 0) is 50.6 Å². The highest BCUT2D eigenvalue weighted by Crippen LogP contribution is 2.36. The van der Waals surface area contributed by atoms with Crippen LogP contribution in [0.25, 0.3) is 11.3 Å². The van der Waals surface area contributed by atoms with Gasteiger partial charge in [-0.25, -0.2) is 0 Å². The molecule has 284 valence electrons. The van der Waals surface area contributed by atoms with Gasteiger partial charge in [0.05, 0.1) is 12.0 Å². The molecule has 0 radical (unpaired) electrons. The maximum Gasteiger partial charge on any atom is 0.259 e. The largest absolute Gasteiger partial charge is 0.508 e. The maximum absolute atomic E-state index is 14.9. The van der Waals surface area contributed by atoms with Crippen LogP contribution in [0.5, 0.6) is 5.75 Å². The van der Waals surface area contributed by atoms with Gasteiger partial charge in [0.15, 0.2) is 0 Å². The fourth-order valence-corrected chi connectivity index (χ4v) is 7.93. The number of nitrogens with zero attached hydrogens (tertiary/aromatic N) is 5. The van der Waals surface area contributed by atoms with Crippen LogP contribution in [0.3, 0.4) is 0 Å². The Hall–Kier alpha value is -5.67. The molecule has 4 aromatic carbocycles. The Morgan fingerprint density at radius 2 is 1.49 bits per heavy atom. The highest BCUT2D eigenvalue weighted by molar-refractivity contribution is 6.08. The normalized spacial score (nSPS) is 15.1. The molecule has 3 amide bonds. The molecule has 1 aromatic heterocycles. The minimum Gasteiger partial charge on any atom is -0.508 e. The van der Waals surface area contributed by atoms with Crippen LogP contribution in [-0.4, -0.2) is 82.4 Å². The fraction of sp³-hybridized carbons (Fsp3) is 0.326. The monoisotopic (exact) mass is 737 g/mol. The maximum atomic E-state index is 14.9. The van der Waals surface area contributed by atoms with Gasteiger partial charge in [0.25, 0.3) is 11.8 Å². The van der Waals surface area contributed by atoms with E-state index in [0.29, 0.717) is 49.3 Å². The van der Waals surface area contributed by atoms with E-state index in [1.54, 1.807) is 36.2 Å². The van der Waals surface area contributed by atoms with Crippen LogP contribution in [0.15, 0.2) is 91.0 Å². The number of aromatic hydroxyl groups is 1. The standard InChI is InChI=1S/C46H51N5O4/c1-30-23-34-9-7-8-10-36(34)29-51(30)46(55)42-26-37-28-50(44(53)24-33-13-11-32(12-14-33)19-21-47(3)4)22-20-35(37)25-41(42)43-27-40(31(2)48(43)5)45(54)49(6)38-15-17-39(52)18-16-38/h7-18,25-27,30,52H,19-24,28-29H2,1-6H3/t30-/m1/s1. The highest BCUT2D eigenvalue weighted by Gasteiger charge is 2.32. The highest BCUT2D eigenvalue weighted by atomic mass is 16.3. The number of likely N-dealkylation sites (N-methyl/N-ethyl adjacent to an activating group) is 1. The quantitative estimate of drug-likeness (QED) is 0.180. The fourth-order valence-electron chi connectivity index (χ4n) is 7.93. The molecule has 0 saturated carbocycles. The average Bonchev–Trinajstić information content (AvgIpc) is 3.48. The Bertz CT molecular complexity index is 2240. The number of benzene rings is 4. The third kappa shape index (κ3) is 7.80. The summed E-state index contributed by atoms with van der Waals surface area (Å²) in [6.45, 7) is 6.53. The lowest BCUT2D eigenvalue weighted by molar-refractivity contribution is -0.131. The number of aromatic nitrogens is 1. The van der Waals surface area contributed by atoms with Crippen molar-refractivity contribution in [2.75, 3.05) is 39.1 Å². The summed E-state index contributed by atoms with van der Waals surface area (Å²) < 4.78 is 2.00. The van der Waals surface area contributed by atoms with Gasteiger partial charge >= 0.3 is 0 Å². The summed E-state index contributed by atoms with van der Waals surface area (Å²) in [5, 5.41) is 9.80. The first-order chi connectivity index (χ1) is 26.4. The summed E-state index contributed by atoms with van der Waals surface area (Å²) in [5.41, 5.74) is 10.8. The minimum atomic E-state index is -0.186. The molecular formula is C46H51N5O4. The second kappa shape index (κ2) is 15.6. The lowest BCUT2D eigenvalue weighted by Crippen LogP contribution is -2.43. The summed E-state index contributed by atoms with van der Waals surface area (Å²) in [7, 11) is 7.79. The number of amides is 3. The molecule has 5 aromatic rings. The van der Waals surface area contributed by atoms with E-state index in [1.807, 2.05) is 46.5 Å². The van der Waals surface area contributed by atoms with Crippen molar-refractivity contribution in [2.45, 2.75) is 58.7 Å². The van der Waals surface area contributed by atoms with Crippen LogP contribution in [0.1, 0.15) is 66.7 Å². The summed E-state index contributed by atoms with van der Waals surface area (Å²) in [4.78, 5) is 50.1. The molecule has 3 heterocycles. The van der Waals surface area contributed by atoms with Crippen molar-refractivity contribution in [3.05, 3.63) is 141 Å². The molecule has 2 aliphatic rings. The van der Waals surface area contributed by atoms with E-state index >= 15 is 0 Å². The van der Waals surface area contributed by atoms with Gasteiger partial charge in [-0.15, -0.1) is 0 Å². The number of fused-ring (bicyclic) bond motifs is 2. The van der Waals surface area contributed by atoms with Gasteiger partial charge in [0.2, 0.25) is 5.91 Å².